The fraction of sp³-hybridized carbons (Fsp3) is 0.310. The summed E-state index contributed by atoms with van der Waals surface area (Å²) in [6, 6.07) is 19.5. The summed E-state index contributed by atoms with van der Waals surface area (Å²) < 4.78 is 5.60. The molecule has 0 aromatic heterocycles. The van der Waals surface area contributed by atoms with E-state index in [1.807, 2.05) is 41.3 Å². The van der Waals surface area contributed by atoms with Gasteiger partial charge in [0, 0.05) is 49.5 Å². The van der Waals surface area contributed by atoms with Crippen molar-refractivity contribution in [1.29, 1.82) is 5.41 Å². The first-order valence-electron chi connectivity index (χ1n) is 13.0. The normalized spacial score (nSPS) is 19.1. The Morgan fingerprint density at radius 1 is 1.03 bits per heavy atom. The topological polar surface area (TPSA) is 126 Å². The maximum Gasteiger partial charge on any atom is 0.414 e. The van der Waals surface area contributed by atoms with E-state index in [4.69, 9.17) is 10.1 Å². The van der Waals surface area contributed by atoms with Crippen LogP contribution in [0.4, 0.5) is 10.5 Å². The zero-order chi connectivity index (χ0) is 27.5. The molecule has 0 bridgehead atoms. The predicted molar refractivity (Wildman–Crippen MR) is 147 cm³/mol. The van der Waals surface area contributed by atoms with Crippen molar-refractivity contribution in [3.05, 3.63) is 77.9 Å². The molecule has 2 aliphatic rings. The lowest BCUT2D eigenvalue weighted by molar-refractivity contribution is -0.143. The lowest BCUT2D eigenvalue weighted by atomic mass is 10.0. The second kappa shape index (κ2) is 11.2. The molecule has 3 aromatic rings. The summed E-state index contributed by atoms with van der Waals surface area (Å²) in [5, 5.41) is 22.1. The monoisotopic (exact) mass is 529 g/mol. The molecular weight excluding hydrogens is 498 g/mol. The van der Waals surface area contributed by atoms with Gasteiger partial charge in [0.1, 0.15) is 18.0 Å². The van der Waals surface area contributed by atoms with E-state index in [0.717, 1.165) is 10.8 Å². The molecule has 0 spiro atoms. The summed E-state index contributed by atoms with van der Waals surface area (Å²) >= 11 is 0. The van der Waals surface area contributed by atoms with Gasteiger partial charge in [-0.15, -0.1) is 0 Å². The molecule has 3 aromatic carbocycles. The van der Waals surface area contributed by atoms with Crippen LogP contribution in [0.2, 0.25) is 0 Å². The zero-order valence-corrected chi connectivity index (χ0v) is 21.7. The third kappa shape index (κ3) is 5.76. The summed E-state index contributed by atoms with van der Waals surface area (Å²) in [6.07, 6.45) is -0.718. The number of hydrogen-bond donors (Lipinski definition) is 3. The molecular formula is C29H31N5O5. The van der Waals surface area contributed by atoms with Crippen molar-refractivity contribution in [3.8, 4) is 0 Å². The van der Waals surface area contributed by atoms with Gasteiger partial charge < -0.3 is 15.2 Å². The largest absolute Gasteiger partial charge is 0.480 e. The van der Waals surface area contributed by atoms with E-state index in [-0.39, 0.29) is 17.8 Å². The van der Waals surface area contributed by atoms with Crippen LogP contribution in [0, 0.1) is 5.41 Å². The van der Waals surface area contributed by atoms with Crippen molar-refractivity contribution in [2.24, 2.45) is 0 Å². The number of aliphatic carboxylic acids is 1. The number of nitrogens with one attached hydrogen (secondary N) is 2. The molecule has 3 N–H and O–H groups in total. The van der Waals surface area contributed by atoms with E-state index in [1.54, 1.807) is 42.2 Å². The Balaban J connectivity index is 1.16. The van der Waals surface area contributed by atoms with E-state index < -0.39 is 18.1 Å². The fourth-order valence-electron chi connectivity index (χ4n) is 5.09. The van der Waals surface area contributed by atoms with E-state index in [2.05, 4.69) is 10.2 Å². The molecule has 2 saturated heterocycles. The molecule has 2 amide bonds. The predicted octanol–water partition coefficient (Wildman–Crippen LogP) is 3.01. The van der Waals surface area contributed by atoms with Crippen molar-refractivity contribution in [3.63, 3.8) is 0 Å². The van der Waals surface area contributed by atoms with Crippen LogP contribution in [0.25, 0.3) is 10.8 Å². The number of piperazine rings is 1. The van der Waals surface area contributed by atoms with Crippen molar-refractivity contribution in [1.82, 2.24) is 15.1 Å². The molecule has 2 fully saturated rings. The summed E-state index contributed by atoms with van der Waals surface area (Å²) in [5.74, 6) is -1.21. The number of amidine groups is 1. The average Bonchev–Trinajstić information content (AvgIpc) is 3.32. The highest BCUT2D eigenvalue weighted by molar-refractivity contribution is 6.16. The SMILES string of the molecule is CC(C(=O)O)N1CCN(CC2CN(c3ccc(C(=N)NC(=O)c4cccc5ccccc45)cc3)C(=O)O2)CC1. The standard InChI is InChI=1S/C29H31N5O5/c1-19(28(36)37)33-15-13-32(14-16-33)17-23-18-34(29(38)39-23)22-11-9-21(10-12-22)26(30)31-27(35)25-8-4-6-20-5-2-3-7-24(20)25/h2-12,19,23H,13-18H2,1H3,(H,36,37)(H2,30,31,35). The van der Waals surface area contributed by atoms with Crippen LogP contribution in [0.5, 0.6) is 0 Å². The first kappa shape index (κ1) is 26.3. The Morgan fingerprint density at radius 2 is 1.72 bits per heavy atom. The molecule has 2 aliphatic heterocycles. The van der Waals surface area contributed by atoms with Gasteiger partial charge in [0.25, 0.3) is 5.91 Å². The third-order valence-corrected chi connectivity index (χ3v) is 7.39. The number of carbonyl (C=O) groups is 3. The Morgan fingerprint density at radius 3 is 2.44 bits per heavy atom. The van der Waals surface area contributed by atoms with Crippen LogP contribution in [0.1, 0.15) is 22.8 Å². The van der Waals surface area contributed by atoms with Gasteiger partial charge in [0.2, 0.25) is 0 Å². The van der Waals surface area contributed by atoms with E-state index in [1.165, 1.54) is 0 Å². The van der Waals surface area contributed by atoms with Gasteiger partial charge in [-0.3, -0.25) is 29.7 Å². The number of rotatable bonds is 7. The van der Waals surface area contributed by atoms with E-state index >= 15 is 0 Å². The van der Waals surface area contributed by atoms with Crippen molar-refractivity contribution >= 4 is 40.3 Å². The first-order valence-corrected chi connectivity index (χ1v) is 13.0. The van der Waals surface area contributed by atoms with Gasteiger partial charge in [0.15, 0.2) is 0 Å². The molecule has 0 saturated carbocycles. The number of ether oxygens (including phenoxy) is 1. The van der Waals surface area contributed by atoms with Crippen molar-refractivity contribution < 1.29 is 24.2 Å². The number of carboxylic acids is 1. The van der Waals surface area contributed by atoms with Gasteiger partial charge >= 0.3 is 12.1 Å². The maximum atomic E-state index is 12.9. The van der Waals surface area contributed by atoms with Gasteiger partial charge in [-0.05, 0) is 48.0 Å². The van der Waals surface area contributed by atoms with E-state index in [9.17, 15) is 19.5 Å². The number of amides is 2. The highest BCUT2D eigenvalue weighted by Gasteiger charge is 2.34. The quantitative estimate of drug-likeness (QED) is 0.317. The minimum absolute atomic E-state index is 0.0299. The minimum Gasteiger partial charge on any atom is -0.480 e. The fourth-order valence-corrected chi connectivity index (χ4v) is 5.09. The average molecular weight is 530 g/mol. The van der Waals surface area contributed by atoms with Gasteiger partial charge in [-0.2, -0.15) is 0 Å². The minimum atomic E-state index is -0.822. The molecule has 39 heavy (non-hydrogen) atoms. The summed E-state index contributed by atoms with van der Waals surface area (Å²) in [7, 11) is 0. The van der Waals surface area contributed by atoms with Crippen LogP contribution >= 0.6 is 0 Å². The second-order valence-electron chi connectivity index (χ2n) is 9.87. The number of anilines is 1. The molecule has 0 aliphatic carbocycles. The van der Waals surface area contributed by atoms with E-state index in [0.29, 0.717) is 56.1 Å². The molecule has 0 radical (unpaired) electrons. The molecule has 5 rings (SSSR count). The Hall–Kier alpha value is -4.28. The Bertz CT molecular complexity index is 1400. The maximum absolute atomic E-state index is 12.9. The van der Waals surface area contributed by atoms with Crippen LogP contribution < -0.4 is 10.2 Å². The molecule has 2 heterocycles. The van der Waals surface area contributed by atoms with Gasteiger partial charge in [0.05, 0.1) is 6.54 Å². The number of benzene rings is 3. The van der Waals surface area contributed by atoms with Crippen molar-refractivity contribution in [2.45, 2.75) is 19.1 Å². The van der Waals surface area contributed by atoms with Crippen LogP contribution in [-0.4, -0.2) is 90.1 Å². The smallest absolute Gasteiger partial charge is 0.414 e. The first-order chi connectivity index (χ1) is 18.8. The Labute approximate surface area is 226 Å². The number of nitrogens with zero attached hydrogens (tertiary/aromatic N) is 3. The lowest BCUT2D eigenvalue weighted by Crippen LogP contribution is -2.53. The molecule has 202 valence electrons. The van der Waals surface area contributed by atoms with Crippen LogP contribution in [0.15, 0.2) is 66.7 Å². The zero-order valence-electron chi connectivity index (χ0n) is 21.7. The number of carboxylic acid groups (broad SMARTS) is 1. The van der Waals surface area contributed by atoms with Gasteiger partial charge in [-0.25, -0.2) is 4.79 Å². The molecule has 2 atom stereocenters. The lowest BCUT2D eigenvalue weighted by Gasteiger charge is -2.37. The molecule has 10 heteroatoms. The third-order valence-electron chi connectivity index (χ3n) is 7.39. The second-order valence-corrected chi connectivity index (χ2v) is 9.87. The summed E-state index contributed by atoms with van der Waals surface area (Å²) in [6.45, 7) is 5.42. The number of fused-ring (bicyclic) bond motifs is 1. The van der Waals surface area contributed by atoms with Crippen molar-refractivity contribution in [2.75, 3.05) is 44.2 Å². The molecule has 10 nitrogen and oxygen atoms in total. The number of carbonyl (C=O) groups excluding carboxylic acids is 2. The van der Waals surface area contributed by atoms with Crippen LogP contribution in [-0.2, 0) is 9.53 Å². The summed E-state index contributed by atoms with van der Waals surface area (Å²) in [4.78, 5) is 42.4. The summed E-state index contributed by atoms with van der Waals surface area (Å²) in [5.41, 5.74) is 1.67. The Kier molecular flexibility index (Phi) is 7.58. The van der Waals surface area contributed by atoms with Crippen LogP contribution in [0.3, 0.4) is 0 Å². The highest BCUT2D eigenvalue weighted by Crippen LogP contribution is 2.23. The number of hydrogen-bond acceptors (Lipinski definition) is 7. The van der Waals surface area contributed by atoms with Gasteiger partial charge in [-0.1, -0.05) is 36.4 Å². The highest BCUT2D eigenvalue weighted by atomic mass is 16.6. The number of cyclic esters (lactones) is 1. The molecule has 2 unspecified atom stereocenters.